The topological polar surface area (TPSA) is 94.1 Å². The third-order valence-electron chi connectivity index (χ3n) is 7.09. The molecule has 0 saturated heterocycles. The number of anilines is 2. The van der Waals surface area contributed by atoms with Gasteiger partial charge >= 0.3 is 0 Å². The SMILES string of the molecule is COC(C)CNc1nc(C)c(-c2nc3c(C)nccc3s2)c(NC2CCC(COc3c(F)ccc(F)c3F)C2)n1. The van der Waals surface area contributed by atoms with Gasteiger partial charge in [0.05, 0.1) is 34.4 Å². The molecule has 1 aliphatic rings. The number of benzene rings is 1. The molecule has 3 aromatic heterocycles. The molecule has 8 nitrogen and oxygen atoms in total. The molecule has 1 saturated carbocycles. The van der Waals surface area contributed by atoms with Crippen LogP contribution in [0.25, 0.3) is 20.8 Å². The van der Waals surface area contributed by atoms with E-state index >= 15 is 0 Å². The first-order valence-electron chi connectivity index (χ1n) is 13.1. The predicted molar refractivity (Wildman–Crippen MR) is 149 cm³/mol. The number of aryl methyl sites for hydroxylation is 2. The van der Waals surface area contributed by atoms with E-state index in [1.165, 1.54) is 0 Å². The number of methoxy groups -OCH3 is 1. The van der Waals surface area contributed by atoms with Gasteiger partial charge in [0.1, 0.15) is 16.3 Å². The second-order valence-corrected chi connectivity index (χ2v) is 11.1. The van der Waals surface area contributed by atoms with Crippen LogP contribution in [0.2, 0.25) is 0 Å². The van der Waals surface area contributed by atoms with Crippen LogP contribution in [-0.4, -0.2) is 52.3 Å². The molecule has 0 radical (unpaired) electrons. The lowest BCUT2D eigenvalue weighted by Crippen LogP contribution is -2.22. The largest absolute Gasteiger partial charge is 0.487 e. The van der Waals surface area contributed by atoms with E-state index in [1.807, 2.05) is 26.8 Å². The van der Waals surface area contributed by atoms with E-state index < -0.39 is 23.2 Å². The summed E-state index contributed by atoms with van der Waals surface area (Å²) in [6, 6.07) is 3.59. The molecule has 212 valence electrons. The Morgan fingerprint density at radius 3 is 2.62 bits per heavy atom. The highest BCUT2D eigenvalue weighted by molar-refractivity contribution is 7.21. The Morgan fingerprint density at radius 1 is 1.05 bits per heavy atom. The van der Waals surface area contributed by atoms with Gasteiger partial charge in [-0.25, -0.2) is 18.7 Å². The van der Waals surface area contributed by atoms with Crippen molar-refractivity contribution in [1.82, 2.24) is 19.9 Å². The molecule has 3 atom stereocenters. The van der Waals surface area contributed by atoms with Gasteiger partial charge < -0.3 is 20.1 Å². The summed E-state index contributed by atoms with van der Waals surface area (Å²) < 4.78 is 53.3. The van der Waals surface area contributed by atoms with E-state index in [0.29, 0.717) is 24.7 Å². The van der Waals surface area contributed by atoms with Crippen LogP contribution in [0.5, 0.6) is 5.75 Å². The third kappa shape index (κ3) is 5.97. The molecule has 1 aromatic carbocycles. The fourth-order valence-corrected chi connectivity index (χ4v) is 5.92. The normalized spacial score (nSPS) is 17.8. The number of halogens is 3. The number of fused-ring (bicyclic) bond motifs is 1. The molecule has 4 aromatic rings. The summed E-state index contributed by atoms with van der Waals surface area (Å²) in [5, 5.41) is 7.61. The average molecular weight is 573 g/mol. The van der Waals surface area contributed by atoms with E-state index in [2.05, 4.69) is 15.6 Å². The molecule has 0 bridgehead atoms. The number of ether oxygens (including phenoxy) is 2. The fourth-order valence-electron chi connectivity index (χ4n) is 4.81. The Bertz CT molecular complexity index is 1520. The van der Waals surface area contributed by atoms with E-state index in [9.17, 15) is 13.2 Å². The first kappa shape index (κ1) is 28.0. The van der Waals surface area contributed by atoms with Crippen LogP contribution in [0.4, 0.5) is 24.9 Å². The van der Waals surface area contributed by atoms with Gasteiger partial charge in [-0.2, -0.15) is 9.37 Å². The highest BCUT2D eigenvalue weighted by Crippen LogP contribution is 2.38. The van der Waals surface area contributed by atoms with E-state index in [-0.39, 0.29) is 24.7 Å². The van der Waals surface area contributed by atoms with Crippen molar-refractivity contribution in [3.63, 3.8) is 0 Å². The number of nitrogens with zero attached hydrogens (tertiary/aromatic N) is 4. The van der Waals surface area contributed by atoms with Gasteiger partial charge in [-0.05, 0) is 64.2 Å². The zero-order chi connectivity index (χ0) is 28.4. The van der Waals surface area contributed by atoms with E-state index in [1.54, 1.807) is 24.6 Å². The van der Waals surface area contributed by atoms with Crippen molar-refractivity contribution in [3.05, 3.63) is 53.2 Å². The van der Waals surface area contributed by atoms with Crippen molar-refractivity contribution >= 4 is 33.3 Å². The second kappa shape index (κ2) is 11.9. The molecule has 0 aliphatic heterocycles. The van der Waals surface area contributed by atoms with Crippen LogP contribution in [-0.2, 0) is 4.74 Å². The van der Waals surface area contributed by atoms with Crippen LogP contribution >= 0.6 is 11.3 Å². The minimum Gasteiger partial charge on any atom is -0.487 e. The lowest BCUT2D eigenvalue weighted by Gasteiger charge is -2.19. The summed E-state index contributed by atoms with van der Waals surface area (Å²) in [6.07, 6.45) is 4.01. The zero-order valence-electron chi connectivity index (χ0n) is 22.7. The molecule has 2 N–H and O–H groups in total. The molecule has 40 heavy (non-hydrogen) atoms. The molecule has 12 heteroatoms. The minimum atomic E-state index is -1.31. The van der Waals surface area contributed by atoms with Gasteiger partial charge in [0.25, 0.3) is 0 Å². The monoisotopic (exact) mass is 572 g/mol. The van der Waals surface area contributed by atoms with Gasteiger partial charge in [0.2, 0.25) is 11.8 Å². The number of aromatic nitrogens is 4. The Balaban J connectivity index is 1.37. The van der Waals surface area contributed by atoms with Gasteiger partial charge in [0.15, 0.2) is 17.4 Å². The van der Waals surface area contributed by atoms with Crippen molar-refractivity contribution in [2.24, 2.45) is 5.92 Å². The first-order valence-corrected chi connectivity index (χ1v) is 14.0. The molecule has 1 aliphatic carbocycles. The molecule has 5 rings (SSSR count). The smallest absolute Gasteiger partial charge is 0.224 e. The Morgan fingerprint density at radius 2 is 1.85 bits per heavy atom. The fraction of sp³-hybridized carbons (Fsp3) is 0.429. The molecular weight excluding hydrogens is 541 g/mol. The molecule has 1 fully saturated rings. The van der Waals surface area contributed by atoms with Crippen LogP contribution in [0.3, 0.4) is 0 Å². The number of pyridine rings is 1. The standard InChI is InChI=1S/C28H31F3N6O2S/c1-14(38-4)12-33-28-34-15(2)22(27-36-24-16(3)32-10-9-21(24)40-27)26(37-28)35-18-6-5-17(11-18)13-39-25-20(30)8-7-19(29)23(25)31/h7-10,14,17-18H,5-6,11-13H2,1-4H3,(H2,33,34,35,37). The summed E-state index contributed by atoms with van der Waals surface area (Å²) in [5.41, 5.74) is 3.28. The average Bonchev–Trinajstić information content (AvgIpc) is 3.57. The maximum Gasteiger partial charge on any atom is 0.224 e. The molecule has 0 spiro atoms. The number of nitrogens with one attached hydrogen (secondary N) is 2. The number of rotatable bonds is 10. The quantitative estimate of drug-likeness (QED) is 0.214. The predicted octanol–water partition coefficient (Wildman–Crippen LogP) is 6.29. The summed E-state index contributed by atoms with van der Waals surface area (Å²) >= 11 is 1.56. The minimum absolute atomic E-state index is 0.0249. The van der Waals surface area contributed by atoms with Crippen LogP contribution in [0, 0.1) is 37.2 Å². The highest BCUT2D eigenvalue weighted by atomic mass is 32.1. The van der Waals surface area contributed by atoms with Gasteiger partial charge in [-0.3, -0.25) is 4.98 Å². The Kier molecular flexibility index (Phi) is 8.36. The second-order valence-electron chi connectivity index (χ2n) is 10.0. The lowest BCUT2D eigenvalue weighted by atomic mass is 10.1. The maximum atomic E-state index is 14.0. The summed E-state index contributed by atoms with van der Waals surface area (Å²) in [7, 11) is 1.65. The van der Waals surface area contributed by atoms with Gasteiger partial charge in [-0.15, -0.1) is 11.3 Å². The van der Waals surface area contributed by atoms with Gasteiger partial charge in [-0.1, -0.05) is 0 Å². The highest BCUT2D eigenvalue weighted by Gasteiger charge is 2.29. The zero-order valence-corrected chi connectivity index (χ0v) is 23.5. The van der Waals surface area contributed by atoms with Crippen molar-refractivity contribution in [3.8, 4) is 16.3 Å². The van der Waals surface area contributed by atoms with Crippen molar-refractivity contribution in [2.45, 2.75) is 52.2 Å². The van der Waals surface area contributed by atoms with Crippen molar-refractivity contribution in [2.75, 3.05) is 30.9 Å². The molecular formula is C28H31F3N6O2S. The maximum absolute atomic E-state index is 14.0. The number of thiazole rings is 1. The molecule has 3 unspecified atom stereocenters. The summed E-state index contributed by atoms with van der Waals surface area (Å²) in [4.78, 5) is 18.7. The molecule has 0 amide bonds. The van der Waals surface area contributed by atoms with E-state index in [0.717, 1.165) is 57.1 Å². The number of hydrogen-bond acceptors (Lipinski definition) is 9. The Labute approximate surface area is 234 Å². The summed E-state index contributed by atoms with van der Waals surface area (Å²) in [5.74, 6) is -2.89. The van der Waals surface area contributed by atoms with Crippen LogP contribution in [0.15, 0.2) is 24.4 Å². The van der Waals surface area contributed by atoms with E-state index in [4.69, 9.17) is 24.4 Å². The number of hydrogen-bond donors (Lipinski definition) is 2. The van der Waals surface area contributed by atoms with Crippen molar-refractivity contribution < 1.29 is 22.6 Å². The third-order valence-corrected chi connectivity index (χ3v) is 8.13. The van der Waals surface area contributed by atoms with Crippen LogP contribution < -0.4 is 15.4 Å². The Hall–Kier alpha value is -3.51. The summed E-state index contributed by atoms with van der Waals surface area (Å²) in [6.45, 7) is 6.43. The van der Waals surface area contributed by atoms with Crippen molar-refractivity contribution in [1.29, 1.82) is 0 Å². The lowest BCUT2D eigenvalue weighted by molar-refractivity contribution is 0.128. The first-order chi connectivity index (χ1) is 19.2. The van der Waals surface area contributed by atoms with Crippen LogP contribution in [0.1, 0.15) is 37.6 Å². The molecule has 3 heterocycles. The van der Waals surface area contributed by atoms with Gasteiger partial charge in [0, 0.05) is 25.9 Å².